The summed E-state index contributed by atoms with van der Waals surface area (Å²) < 4.78 is 0. The number of rotatable bonds is 5. The molecule has 1 aromatic carbocycles. The average Bonchev–Trinajstić information content (AvgIpc) is 2.73. The van der Waals surface area contributed by atoms with Gasteiger partial charge in [0.05, 0.1) is 6.10 Å². The molecular formula is C14H20OS. The van der Waals surface area contributed by atoms with E-state index in [1.54, 1.807) is 11.8 Å². The predicted molar refractivity (Wildman–Crippen MR) is 71.2 cm³/mol. The number of fused-ring (bicyclic) bond motifs is 1. The van der Waals surface area contributed by atoms with Crippen molar-refractivity contribution in [3.05, 3.63) is 34.9 Å². The van der Waals surface area contributed by atoms with Gasteiger partial charge in [-0.25, -0.2) is 0 Å². The Kier molecular flexibility index (Phi) is 4.30. The van der Waals surface area contributed by atoms with E-state index in [9.17, 15) is 5.11 Å². The van der Waals surface area contributed by atoms with Crippen molar-refractivity contribution in [2.45, 2.75) is 38.2 Å². The average molecular weight is 236 g/mol. The summed E-state index contributed by atoms with van der Waals surface area (Å²) in [4.78, 5) is 0. The molecule has 16 heavy (non-hydrogen) atoms. The monoisotopic (exact) mass is 236 g/mol. The zero-order valence-corrected chi connectivity index (χ0v) is 10.7. The topological polar surface area (TPSA) is 20.2 Å². The quantitative estimate of drug-likeness (QED) is 0.848. The van der Waals surface area contributed by atoms with Crippen LogP contribution in [0, 0.1) is 0 Å². The van der Waals surface area contributed by atoms with Gasteiger partial charge in [0.25, 0.3) is 0 Å². The van der Waals surface area contributed by atoms with Crippen molar-refractivity contribution in [2.24, 2.45) is 0 Å². The van der Waals surface area contributed by atoms with Gasteiger partial charge in [0, 0.05) is 0 Å². The van der Waals surface area contributed by atoms with E-state index in [1.165, 1.54) is 36.0 Å². The zero-order valence-electron chi connectivity index (χ0n) is 9.91. The largest absolute Gasteiger partial charge is 0.393 e. The van der Waals surface area contributed by atoms with Gasteiger partial charge in [0.15, 0.2) is 0 Å². The van der Waals surface area contributed by atoms with Crippen molar-refractivity contribution >= 4 is 11.8 Å². The van der Waals surface area contributed by atoms with Gasteiger partial charge in [0.2, 0.25) is 0 Å². The summed E-state index contributed by atoms with van der Waals surface area (Å²) in [5.74, 6) is 1.05. The van der Waals surface area contributed by atoms with Gasteiger partial charge in [0.1, 0.15) is 0 Å². The first kappa shape index (κ1) is 12.0. The molecule has 0 fully saturated rings. The fourth-order valence-corrected chi connectivity index (χ4v) is 2.89. The summed E-state index contributed by atoms with van der Waals surface area (Å²) in [6.07, 6.45) is 7.39. The molecule has 1 N–H and O–H groups in total. The van der Waals surface area contributed by atoms with E-state index in [-0.39, 0.29) is 6.10 Å². The van der Waals surface area contributed by atoms with Gasteiger partial charge in [-0.3, -0.25) is 0 Å². The maximum Gasteiger partial charge on any atom is 0.0588 e. The predicted octanol–water partition coefficient (Wildman–Crippen LogP) is 2.83. The highest BCUT2D eigenvalue weighted by Gasteiger charge is 2.12. The molecule has 2 rings (SSSR count). The Bertz CT molecular complexity index is 349. The summed E-state index contributed by atoms with van der Waals surface area (Å²) in [5, 5.41) is 9.87. The number of hydrogen-bond donors (Lipinski definition) is 1. The Labute approximate surface area is 102 Å². The Hall–Kier alpha value is -0.470. The Balaban J connectivity index is 1.94. The third-order valence-corrected chi connectivity index (χ3v) is 3.93. The van der Waals surface area contributed by atoms with Crippen molar-refractivity contribution in [1.82, 2.24) is 0 Å². The second kappa shape index (κ2) is 5.74. The maximum absolute atomic E-state index is 9.87. The summed E-state index contributed by atoms with van der Waals surface area (Å²) in [6, 6.07) is 6.73. The molecule has 0 amide bonds. The van der Waals surface area contributed by atoms with Gasteiger partial charge in [-0.15, -0.1) is 0 Å². The minimum absolute atomic E-state index is 0.174. The van der Waals surface area contributed by atoms with Crippen LogP contribution in [0.4, 0.5) is 0 Å². The molecule has 2 heteroatoms. The number of aryl methyl sites for hydroxylation is 2. The molecule has 0 saturated heterocycles. The van der Waals surface area contributed by atoms with Crippen molar-refractivity contribution in [1.29, 1.82) is 0 Å². The minimum atomic E-state index is -0.174. The molecule has 1 unspecified atom stereocenters. The lowest BCUT2D eigenvalue weighted by atomic mass is 10.0. The van der Waals surface area contributed by atoms with Gasteiger partial charge in [-0.1, -0.05) is 18.2 Å². The van der Waals surface area contributed by atoms with Gasteiger partial charge in [-0.05, 0) is 60.8 Å². The minimum Gasteiger partial charge on any atom is -0.393 e. The van der Waals surface area contributed by atoms with E-state index in [2.05, 4.69) is 24.5 Å². The summed E-state index contributed by atoms with van der Waals surface area (Å²) in [5.41, 5.74) is 4.33. The Morgan fingerprint density at radius 3 is 2.94 bits per heavy atom. The molecule has 1 aliphatic carbocycles. The number of thioether (sulfide) groups is 1. The SMILES string of the molecule is CSCCC(O)Cc1ccc2c(c1)CCC2. The van der Waals surface area contributed by atoms with Gasteiger partial charge < -0.3 is 5.11 Å². The van der Waals surface area contributed by atoms with E-state index in [4.69, 9.17) is 0 Å². The first-order valence-electron chi connectivity index (χ1n) is 6.07. The van der Waals surface area contributed by atoms with Crippen LogP contribution in [-0.2, 0) is 19.3 Å². The number of aliphatic hydroxyl groups is 1. The van der Waals surface area contributed by atoms with Gasteiger partial charge in [-0.2, -0.15) is 11.8 Å². The van der Waals surface area contributed by atoms with Crippen LogP contribution in [0.5, 0.6) is 0 Å². The fraction of sp³-hybridized carbons (Fsp3) is 0.571. The van der Waals surface area contributed by atoms with E-state index >= 15 is 0 Å². The van der Waals surface area contributed by atoms with E-state index < -0.39 is 0 Å². The third-order valence-electron chi connectivity index (χ3n) is 3.29. The molecular weight excluding hydrogens is 216 g/mol. The highest BCUT2D eigenvalue weighted by atomic mass is 32.2. The number of hydrogen-bond acceptors (Lipinski definition) is 2. The molecule has 0 heterocycles. The van der Waals surface area contributed by atoms with Crippen LogP contribution in [-0.4, -0.2) is 23.2 Å². The number of benzene rings is 1. The Morgan fingerprint density at radius 1 is 1.31 bits per heavy atom. The molecule has 1 aliphatic rings. The number of aliphatic hydroxyl groups excluding tert-OH is 1. The lowest BCUT2D eigenvalue weighted by Gasteiger charge is -2.11. The molecule has 0 aliphatic heterocycles. The molecule has 0 bridgehead atoms. The van der Waals surface area contributed by atoms with Crippen LogP contribution in [0.15, 0.2) is 18.2 Å². The molecule has 88 valence electrons. The van der Waals surface area contributed by atoms with E-state index in [1.807, 2.05) is 0 Å². The molecule has 1 atom stereocenters. The first-order chi connectivity index (χ1) is 7.79. The van der Waals surface area contributed by atoms with Crippen LogP contribution < -0.4 is 0 Å². The zero-order chi connectivity index (χ0) is 11.4. The summed E-state index contributed by atoms with van der Waals surface area (Å²) in [7, 11) is 0. The Morgan fingerprint density at radius 2 is 2.12 bits per heavy atom. The first-order valence-corrected chi connectivity index (χ1v) is 7.46. The molecule has 1 aromatic rings. The van der Waals surface area contributed by atoms with Crippen LogP contribution in [0.25, 0.3) is 0 Å². The fourth-order valence-electron chi connectivity index (χ4n) is 2.38. The molecule has 0 radical (unpaired) electrons. The highest BCUT2D eigenvalue weighted by molar-refractivity contribution is 7.98. The van der Waals surface area contributed by atoms with Crippen molar-refractivity contribution in [3.63, 3.8) is 0 Å². The van der Waals surface area contributed by atoms with Crippen molar-refractivity contribution in [3.8, 4) is 0 Å². The molecule has 0 spiro atoms. The van der Waals surface area contributed by atoms with E-state index in [0.717, 1.165) is 18.6 Å². The van der Waals surface area contributed by atoms with Crippen LogP contribution in [0.2, 0.25) is 0 Å². The normalized spacial score (nSPS) is 16.1. The molecule has 1 nitrogen and oxygen atoms in total. The second-order valence-electron chi connectivity index (χ2n) is 4.60. The third kappa shape index (κ3) is 3.02. The van der Waals surface area contributed by atoms with Crippen LogP contribution in [0.3, 0.4) is 0 Å². The smallest absolute Gasteiger partial charge is 0.0588 e. The van der Waals surface area contributed by atoms with Crippen molar-refractivity contribution < 1.29 is 5.11 Å². The van der Waals surface area contributed by atoms with E-state index in [0.29, 0.717) is 0 Å². The van der Waals surface area contributed by atoms with Crippen molar-refractivity contribution in [2.75, 3.05) is 12.0 Å². The summed E-state index contributed by atoms with van der Waals surface area (Å²) in [6.45, 7) is 0. The second-order valence-corrected chi connectivity index (χ2v) is 5.58. The van der Waals surface area contributed by atoms with Crippen LogP contribution >= 0.6 is 11.8 Å². The molecule has 0 aromatic heterocycles. The van der Waals surface area contributed by atoms with Gasteiger partial charge >= 0.3 is 0 Å². The maximum atomic E-state index is 9.87. The lowest BCUT2D eigenvalue weighted by molar-refractivity contribution is 0.172. The summed E-state index contributed by atoms with van der Waals surface area (Å²) >= 11 is 1.80. The lowest BCUT2D eigenvalue weighted by Crippen LogP contribution is -2.11. The molecule has 0 saturated carbocycles. The highest BCUT2D eigenvalue weighted by Crippen LogP contribution is 2.23. The van der Waals surface area contributed by atoms with Crippen LogP contribution in [0.1, 0.15) is 29.5 Å². The standard InChI is InChI=1S/C14H20OS/c1-16-8-7-14(15)10-11-5-6-12-3-2-4-13(12)9-11/h5-6,9,14-15H,2-4,7-8,10H2,1H3.